The van der Waals surface area contributed by atoms with Crippen molar-refractivity contribution in [3.8, 4) is 5.75 Å². The fourth-order valence-electron chi connectivity index (χ4n) is 3.65. The minimum Gasteiger partial charge on any atom is -0.497 e. The summed E-state index contributed by atoms with van der Waals surface area (Å²) in [5, 5.41) is 3.84. The molecule has 0 radical (unpaired) electrons. The zero-order chi connectivity index (χ0) is 22.5. The van der Waals surface area contributed by atoms with Gasteiger partial charge in [-0.15, -0.1) is 0 Å². The number of nitrogens with zero attached hydrogens (tertiary/aromatic N) is 3. The maximum atomic E-state index is 13.3. The lowest BCUT2D eigenvalue weighted by molar-refractivity contribution is -0.119. The van der Waals surface area contributed by atoms with Gasteiger partial charge in [-0.2, -0.15) is 0 Å². The average molecular weight is 447 g/mol. The van der Waals surface area contributed by atoms with Crippen LogP contribution in [0.1, 0.15) is 30.5 Å². The smallest absolute Gasteiger partial charge is 0.247 e. The quantitative estimate of drug-likeness (QED) is 0.355. The largest absolute Gasteiger partial charge is 0.497 e. The van der Waals surface area contributed by atoms with Gasteiger partial charge in [-0.3, -0.25) is 9.78 Å². The van der Waals surface area contributed by atoms with Crippen molar-refractivity contribution in [3.05, 3.63) is 78.1 Å². The number of aromatic nitrogens is 3. The second-order valence-corrected chi connectivity index (χ2v) is 8.43. The Morgan fingerprint density at radius 1 is 1.19 bits per heavy atom. The van der Waals surface area contributed by atoms with Crippen LogP contribution in [0.4, 0.5) is 5.69 Å². The number of hydrogen-bond acceptors (Lipinski definition) is 5. The molecule has 32 heavy (non-hydrogen) atoms. The maximum absolute atomic E-state index is 13.3. The number of hydrogen-bond donors (Lipinski definition) is 1. The van der Waals surface area contributed by atoms with Gasteiger partial charge >= 0.3 is 0 Å². The van der Waals surface area contributed by atoms with Crippen LogP contribution in [0.2, 0.25) is 0 Å². The lowest BCUT2D eigenvalue weighted by Crippen LogP contribution is -2.26. The van der Waals surface area contributed by atoms with E-state index in [9.17, 15) is 4.79 Å². The summed E-state index contributed by atoms with van der Waals surface area (Å²) in [7, 11) is 1.61. The van der Waals surface area contributed by atoms with E-state index in [1.54, 1.807) is 31.3 Å². The first-order valence-electron chi connectivity index (χ1n) is 10.5. The molecule has 6 nitrogen and oxygen atoms in total. The Hall–Kier alpha value is -3.32. The summed E-state index contributed by atoms with van der Waals surface area (Å²) in [4.78, 5) is 22.4. The van der Waals surface area contributed by atoms with E-state index >= 15 is 0 Å². The third-order valence-electron chi connectivity index (χ3n) is 5.42. The lowest BCUT2D eigenvalue weighted by Gasteiger charge is -2.20. The van der Waals surface area contributed by atoms with Crippen LogP contribution < -0.4 is 10.1 Å². The second-order valence-electron chi connectivity index (χ2n) is 7.49. The minimum absolute atomic E-state index is 0.0957. The van der Waals surface area contributed by atoms with E-state index in [0.717, 1.165) is 21.9 Å². The minimum atomic E-state index is -0.422. The van der Waals surface area contributed by atoms with E-state index in [1.807, 2.05) is 54.0 Å². The van der Waals surface area contributed by atoms with Crippen molar-refractivity contribution in [2.45, 2.75) is 37.2 Å². The molecule has 0 aliphatic heterocycles. The summed E-state index contributed by atoms with van der Waals surface area (Å²) in [5.74, 6) is 1.38. The summed E-state index contributed by atoms with van der Waals surface area (Å²) >= 11 is 1.64. The number of anilines is 1. The molecule has 1 atom stereocenters. The van der Waals surface area contributed by atoms with Gasteiger partial charge in [0.1, 0.15) is 11.8 Å². The number of methoxy groups -OCH3 is 1. The molecule has 2 aromatic heterocycles. The van der Waals surface area contributed by atoms with E-state index in [0.29, 0.717) is 17.9 Å². The normalized spacial score (nSPS) is 12.0. The molecule has 1 amide bonds. The number of amides is 1. The predicted octanol–water partition coefficient (Wildman–Crippen LogP) is 5.63. The molecule has 0 fully saturated rings. The molecule has 2 heterocycles. The molecule has 7 heteroatoms. The number of benzene rings is 2. The van der Waals surface area contributed by atoms with Crippen LogP contribution in [0.3, 0.4) is 0 Å². The van der Waals surface area contributed by atoms with Gasteiger partial charge in [0.25, 0.3) is 0 Å². The molecule has 0 spiro atoms. The van der Waals surface area contributed by atoms with Crippen LogP contribution in [0.25, 0.3) is 11.0 Å². The molecule has 0 saturated heterocycles. The van der Waals surface area contributed by atoms with Gasteiger partial charge in [0.05, 0.1) is 24.3 Å². The van der Waals surface area contributed by atoms with Gasteiger partial charge in [0.15, 0.2) is 5.16 Å². The Kier molecular flexibility index (Phi) is 6.75. The SMILES string of the molecule is CCC(C(=O)Nc1cccc(OC)c1)n1c(SCc2ccccc2C)nc2ccncc21. The van der Waals surface area contributed by atoms with Crippen LogP contribution in [0.5, 0.6) is 5.75 Å². The Morgan fingerprint density at radius 2 is 2.03 bits per heavy atom. The molecule has 0 aliphatic rings. The van der Waals surface area contributed by atoms with Crippen LogP contribution in [0.15, 0.2) is 72.1 Å². The topological polar surface area (TPSA) is 69.0 Å². The Balaban J connectivity index is 1.66. The van der Waals surface area contributed by atoms with Gasteiger partial charge in [-0.05, 0) is 42.7 Å². The van der Waals surface area contributed by atoms with Crippen molar-refractivity contribution in [1.82, 2.24) is 14.5 Å². The first-order valence-corrected chi connectivity index (χ1v) is 11.5. The van der Waals surface area contributed by atoms with Crippen molar-refractivity contribution >= 4 is 34.4 Å². The number of ether oxygens (including phenoxy) is 1. The number of carbonyl (C=O) groups is 1. The fraction of sp³-hybridized carbons (Fsp3) is 0.240. The van der Waals surface area contributed by atoms with Crippen LogP contribution >= 0.6 is 11.8 Å². The lowest BCUT2D eigenvalue weighted by atomic mass is 10.1. The summed E-state index contributed by atoms with van der Waals surface area (Å²) in [6.45, 7) is 4.12. The van der Waals surface area contributed by atoms with Gasteiger partial charge in [0.2, 0.25) is 5.91 Å². The van der Waals surface area contributed by atoms with E-state index in [4.69, 9.17) is 9.72 Å². The number of nitrogens with one attached hydrogen (secondary N) is 1. The number of carbonyl (C=O) groups excluding carboxylic acids is 1. The van der Waals surface area contributed by atoms with Crippen LogP contribution in [0, 0.1) is 6.92 Å². The number of pyridine rings is 1. The molecule has 1 N–H and O–H groups in total. The number of rotatable bonds is 8. The van der Waals surface area contributed by atoms with Crippen molar-refractivity contribution in [2.75, 3.05) is 12.4 Å². The third kappa shape index (κ3) is 4.62. The Morgan fingerprint density at radius 3 is 2.81 bits per heavy atom. The summed E-state index contributed by atoms with van der Waals surface area (Å²) < 4.78 is 7.29. The van der Waals surface area contributed by atoms with E-state index in [1.165, 1.54) is 11.1 Å². The molecule has 2 aromatic carbocycles. The highest BCUT2D eigenvalue weighted by molar-refractivity contribution is 7.98. The Bertz CT molecular complexity index is 1240. The van der Waals surface area contributed by atoms with Crippen LogP contribution in [-0.2, 0) is 10.5 Å². The summed E-state index contributed by atoms with van der Waals surface area (Å²) in [5.41, 5.74) is 4.88. The molecule has 0 bridgehead atoms. The second kappa shape index (κ2) is 9.87. The van der Waals surface area contributed by atoms with Gasteiger partial charge in [0, 0.05) is 23.7 Å². The molecular weight excluding hydrogens is 420 g/mol. The van der Waals surface area contributed by atoms with Gasteiger partial charge in [-0.25, -0.2) is 4.98 Å². The number of fused-ring (bicyclic) bond motifs is 1. The fourth-order valence-corrected chi connectivity index (χ4v) is 4.78. The summed E-state index contributed by atoms with van der Waals surface area (Å²) in [6.07, 6.45) is 4.13. The molecular formula is C25H26N4O2S. The third-order valence-corrected chi connectivity index (χ3v) is 6.42. The molecule has 1 unspecified atom stereocenters. The molecule has 164 valence electrons. The van der Waals surface area contributed by atoms with Gasteiger partial charge < -0.3 is 14.6 Å². The number of thioether (sulfide) groups is 1. The van der Waals surface area contributed by atoms with E-state index in [-0.39, 0.29) is 5.91 Å². The Labute approximate surface area is 192 Å². The zero-order valence-corrected chi connectivity index (χ0v) is 19.2. The molecule has 4 rings (SSSR count). The van der Waals surface area contributed by atoms with E-state index in [2.05, 4.69) is 29.4 Å². The highest BCUT2D eigenvalue weighted by atomic mass is 32.2. The van der Waals surface area contributed by atoms with Crippen molar-refractivity contribution in [1.29, 1.82) is 0 Å². The average Bonchev–Trinajstić information content (AvgIpc) is 3.17. The number of imidazole rings is 1. The van der Waals surface area contributed by atoms with Gasteiger partial charge in [-0.1, -0.05) is 49.0 Å². The highest BCUT2D eigenvalue weighted by Crippen LogP contribution is 2.32. The van der Waals surface area contributed by atoms with Crippen molar-refractivity contribution in [2.24, 2.45) is 0 Å². The summed E-state index contributed by atoms with van der Waals surface area (Å²) in [6, 6.07) is 17.2. The highest BCUT2D eigenvalue weighted by Gasteiger charge is 2.25. The first kappa shape index (κ1) is 21.9. The van der Waals surface area contributed by atoms with Crippen molar-refractivity contribution < 1.29 is 9.53 Å². The van der Waals surface area contributed by atoms with E-state index < -0.39 is 6.04 Å². The maximum Gasteiger partial charge on any atom is 0.247 e. The predicted molar refractivity (Wildman–Crippen MR) is 129 cm³/mol. The zero-order valence-electron chi connectivity index (χ0n) is 18.4. The van der Waals surface area contributed by atoms with Crippen molar-refractivity contribution in [3.63, 3.8) is 0 Å². The molecule has 0 saturated carbocycles. The monoisotopic (exact) mass is 446 g/mol. The molecule has 0 aliphatic carbocycles. The first-order chi connectivity index (χ1) is 15.6. The number of aryl methyl sites for hydroxylation is 1. The standard InChI is InChI=1S/C25H26N4O2S/c1-4-22(24(30)27-19-10-7-11-20(14-19)31-3)29-23-15-26-13-12-21(23)28-25(29)32-16-18-9-6-5-8-17(18)2/h5-15,22H,4,16H2,1-3H3,(H,27,30). The van der Waals surface area contributed by atoms with Crippen LogP contribution in [-0.4, -0.2) is 27.6 Å². The molecule has 4 aromatic rings.